The van der Waals surface area contributed by atoms with Gasteiger partial charge in [0.25, 0.3) is 0 Å². The number of methoxy groups -OCH3 is 2. The predicted molar refractivity (Wildman–Crippen MR) is 292 cm³/mol. The molecule has 0 radical (unpaired) electrons. The summed E-state index contributed by atoms with van der Waals surface area (Å²) in [6, 6.07) is 18.5. The van der Waals surface area contributed by atoms with Crippen molar-refractivity contribution in [3.8, 4) is 17.2 Å². The molecule has 0 aliphatic carbocycles. The average molecular weight is 883 g/mol. The Kier molecular flexibility index (Phi) is 29.0. The molecule has 0 spiro atoms. The van der Waals surface area contributed by atoms with E-state index in [2.05, 4.69) is 204 Å². The molecule has 0 heterocycles. The van der Waals surface area contributed by atoms with E-state index in [0.717, 1.165) is 28.4 Å². The summed E-state index contributed by atoms with van der Waals surface area (Å²) in [6.07, 6.45) is 18.8. The molecule has 364 valence electrons. The summed E-state index contributed by atoms with van der Waals surface area (Å²) < 4.78 is 10.7. The zero-order valence-electron chi connectivity index (χ0n) is 43.0. The zero-order valence-corrected chi connectivity index (χ0v) is 43.0. The number of ether oxygens (including phenoxy) is 2. The molecule has 3 aromatic rings. The Bertz CT molecular complexity index is 1880. The van der Waals surface area contributed by atoms with E-state index in [1.807, 2.05) is 12.1 Å². The highest BCUT2D eigenvalue weighted by Crippen LogP contribution is 2.36. The molecule has 0 bridgehead atoms. The second kappa shape index (κ2) is 28.8. The Morgan fingerprint density at radius 3 is 1.69 bits per heavy atom. The molecule has 1 N–H and O–H groups in total. The number of phenols is 1. The van der Waals surface area contributed by atoms with E-state index in [0.29, 0.717) is 17.1 Å². The molecule has 3 nitrogen and oxygen atoms in total. The number of hydrogen-bond donors (Lipinski definition) is 1. The van der Waals surface area contributed by atoms with Gasteiger partial charge in [-0.25, -0.2) is 0 Å². The first kappa shape index (κ1) is 64.3. The number of benzene rings is 3. The topological polar surface area (TPSA) is 38.7 Å². The van der Waals surface area contributed by atoms with Gasteiger partial charge in [0, 0.05) is 5.92 Å². The number of hydrogen-bond acceptors (Lipinski definition) is 3. The second-order valence-corrected chi connectivity index (χ2v) is 22.2. The van der Waals surface area contributed by atoms with Crippen LogP contribution >= 0.6 is 0 Å². The van der Waals surface area contributed by atoms with E-state index < -0.39 is 0 Å². The number of phenolic OH excluding ortho intramolecular Hbond substituents is 1. The van der Waals surface area contributed by atoms with Crippen molar-refractivity contribution in [2.75, 3.05) is 14.2 Å². The summed E-state index contributed by atoms with van der Waals surface area (Å²) >= 11 is 0. The van der Waals surface area contributed by atoms with E-state index in [1.54, 1.807) is 20.3 Å². The summed E-state index contributed by atoms with van der Waals surface area (Å²) in [5.74, 6) is 3.24. The normalized spacial score (nSPS) is 13.0. The maximum Gasteiger partial charge on any atom is 0.161 e. The van der Waals surface area contributed by atoms with Gasteiger partial charge >= 0.3 is 0 Å². The van der Waals surface area contributed by atoms with Gasteiger partial charge in [-0.2, -0.15) is 0 Å². The van der Waals surface area contributed by atoms with E-state index in [9.17, 15) is 5.11 Å². The van der Waals surface area contributed by atoms with Crippen LogP contribution in [0.3, 0.4) is 0 Å². The molecule has 3 aromatic carbocycles. The minimum atomic E-state index is -0.00954. The number of aryl methyl sites for hydroxylation is 2. The smallest absolute Gasteiger partial charge is 0.161 e. The van der Waals surface area contributed by atoms with E-state index >= 15 is 0 Å². The van der Waals surface area contributed by atoms with Gasteiger partial charge in [0.15, 0.2) is 11.5 Å². The molecule has 0 amide bonds. The maximum absolute atomic E-state index is 9.88. The summed E-state index contributed by atoms with van der Waals surface area (Å²) in [5, 5.41) is 9.88. The van der Waals surface area contributed by atoms with Gasteiger partial charge in [-0.1, -0.05) is 211 Å². The molecular formula is C61H102O3. The van der Waals surface area contributed by atoms with Gasteiger partial charge in [-0.3, -0.25) is 0 Å². The van der Waals surface area contributed by atoms with Crippen molar-refractivity contribution in [1.82, 2.24) is 0 Å². The van der Waals surface area contributed by atoms with Crippen LogP contribution in [0, 0.1) is 41.9 Å². The highest BCUT2D eigenvalue weighted by atomic mass is 16.5. The quantitative estimate of drug-likeness (QED) is 0.137. The number of aromatic hydroxyl groups is 1. The Balaban J connectivity index is -0.000000998. The van der Waals surface area contributed by atoms with Crippen LogP contribution in [-0.2, 0) is 5.41 Å². The molecule has 3 heteroatoms. The molecule has 3 rings (SSSR count). The van der Waals surface area contributed by atoms with Crippen LogP contribution in [0.4, 0.5) is 0 Å². The van der Waals surface area contributed by atoms with Crippen LogP contribution in [0.5, 0.6) is 17.2 Å². The fourth-order valence-corrected chi connectivity index (χ4v) is 6.77. The van der Waals surface area contributed by atoms with E-state index in [-0.39, 0.29) is 50.2 Å². The predicted octanol–water partition coefficient (Wildman–Crippen LogP) is 19.6. The molecule has 2 unspecified atom stereocenters. The first-order valence-electron chi connectivity index (χ1n) is 22.8. The molecule has 0 saturated carbocycles. The molecular weight excluding hydrogens is 781 g/mol. The lowest BCUT2D eigenvalue weighted by Crippen LogP contribution is -2.19. The standard InChI is InChI=1S/C30H40O3.C14H22.C14H28.3CH4/c1-21-10-11-22(18-27(21)32-8)12-15-24(29(2,3)4)20-25(30(5,6)7)16-13-23-14-17-26(31)28(19-23)33-9;1-10(2)12-8-7-11(3)13(9-12)14(4,5)6;1-12(2)8-7-9-13(3)10-11-14(4,5)6;;;/h10-20,25,31H,1-9H3;7-10H,1-6H3;8,13H,7,9-11H2,1-6H3;3*1H4/b15-12+,16-13+,24-20-;;;;;. The first-order valence-corrected chi connectivity index (χ1v) is 22.8. The van der Waals surface area contributed by atoms with Gasteiger partial charge < -0.3 is 14.6 Å². The third kappa shape index (κ3) is 24.9. The monoisotopic (exact) mass is 883 g/mol. The Morgan fingerprint density at radius 1 is 0.672 bits per heavy atom. The van der Waals surface area contributed by atoms with E-state index in [1.165, 1.54) is 53.5 Å². The zero-order chi connectivity index (χ0) is 46.9. The summed E-state index contributed by atoms with van der Waals surface area (Å²) in [5.41, 5.74) is 11.1. The van der Waals surface area contributed by atoms with Crippen molar-refractivity contribution < 1.29 is 14.6 Å². The van der Waals surface area contributed by atoms with Gasteiger partial charge in [0.05, 0.1) is 14.2 Å². The fraction of sp³-hybridized carbons (Fsp3) is 0.574. The third-order valence-corrected chi connectivity index (χ3v) is 11.1. The number of rotatable bonds is 13. The molecule has 2 atom stereocenters. The lowest BCUT2D eigenvalue weighted by atomic mass is 9.76. The number of allylic oxidation sites excluding steroid dienone is 6. The van der Waals surface area contributed by atoms with Crippen LogP contribution in [0.25, 0.3) is 12.2 Å². The molecule has 0 aliphatic rings. The van der Waals surface area contributed by atoms with Crippen LogP contribution in [0.1, 0.15) is 205 Å². The third-order valence-electron chi connectivity index (χ3n) is 11.1. The summed E-state index contributed by atoms with van der Waals surface area (Å²) in [6.45, 7) is 42.8. The highest BCUT2D eigenvalue weighted by molar-refractivity contribution is 5.58. The van der Waals surface area contributed by atoms with Crippen LogP contribution in [0.15, 0.2) is 90.0 Å². The second-order valence-electron chi connectivity index (χ2n) is 22.2. The first-order chi connectivity index (χ1) is 28.0. The highest BCUT2D eigenvalue weighted by Gasteiger charge is 2.24. The molecule has 0 aliphatic heterocycles. The van der Waals surface area contributed by atoms with Gasteiger partial charge in [-0.15, -0.1) is 0 Å². The summed E-state index contributed by atoms with van der Waals surface area (Å²) in [7, 11) is 3.27. The molecule has 0 saturated heterocycles. The lowest BCUT2D eigenvalue weighted by molar-refractivity contribution is 0.324. The SMILES string of the molecule is C.C.C.CC(C)=CCCC(C)CCC(C)(C)C.COc1cc(/C=C/C(=C/C(/C=C/c2ccc(O)c(OC)c2)C(C)(C)C)C(C)(C)C)ccc1C.Cc1ccc(C(C)C)cc1C(C)(C)C. The minimum Gasteiger partial charge on any atom is -0.504 e. The Morgan fingerprint density at radius 2 is 1.20 bits per heavy atom. The van der Waals surface area contributed by atoms with Crippen molar-refractivity contribution in [3.05, 3.63) is 123 Å². The Labute approximate surface area is 399 Å². The van der Waals surface area contributed by atoms with Crippen molar-refractivity contribution in [1.29, 1.82) is 0 Å². The molecule has 64 heavy (non-hydrogen) atoms. The van der Waals surface area contributed by atoms with Crippen molar-refractivity contribution in [3.63, 3.8) is 0 Å². The summed E-state index contributed by atoms with van der Waals surface area (Å²) in [4.78, 5) is 0. The lowest BCUT2D eigenvalue weighted by Gasteiger charge is -2.29. The van der Waals surface area contributed by atoms with Gasteiger partial charge in [0.2, 0.25) is 0 Å². The van der Waals surface area contributed by atoms with E-state index in [4.69, 9.17) is 9.47 Å². The van der Waals surface area contributed by atoms with Crippen LogP contribution in [0.2, 0.25) is 0 Å². The van der Waals surface area contributed by atoms with Crippen LogP contribution < -0.4 is 9.47 Å². The maximum atomic E-state index is 9.88. The van der Waals surface area contributed by atoms with Gasteiger partial charge in [-0.05, 0) is 138 Å². The molecule has 0 fully saturated rings. The van der Waals surface area contributed by atoms with Gasteiger partial charge in [0.1, 0.15) is 5.75 Å². The fourth-order valence-electron chi connectivity index (χ4n) is 6.77. The largest absolute Gasteiger partial charge is 0.504 e. The van der Waals surface area contributed by atoms with Crippen molar-refractivity contribution >= 4 is 12.2 Å². The average Bonchev–Trinajstić information content (AvgIpc) is 3.13. The van der Waals surface area contributed by atoms with Crippen molar-refractivity contribution in [2.45, 2.75) is 191 Å². The van der Waals surface area contributed by atoms with Crippen LogP contribution in [-0.4, -0.2) is 19.3 Å². The Hall–Kier alpha value is -3.98. The van der Waals surface area contributed by atoms with Crippen molar-refractivity contribution in [2.24, 2.45) is 28.1 Å². The minimum absolute atomic E-state index is 0. The molecule has 0 aromatic heterocycles.